The lowest BCUT2D eigenvalue weighted by molar-refractivity contribution is 0.0522. The third-order valence-corrected chi connectivity index (χ3v) is 3.42. The Kier molecular flexibility index (Phi) is 4.77. The zero-order valence-corrected chi connectivity index (χ0v) is 12.8. The van der Waals surface area contributed by atoms with Crippen molar-refractivity contribution in [2.24, 2.45) is 5.14 Å². The number of nitrogens with zero attached hydrogens (tertiary/aromatic N) is 2. The Morgan fingerprint density at radius 3 is 2.48 bits per heavy atom. The summed E-state index contributed by atoms with van der Waals surface area (Å²) in [5.41, 5.74) is -0.445. The zero-order chi connectivity index (χ0) is 17.0. The summed E-state index contributed by atoms with van der Waals surface area (Å²) in [6.45, 7) is 1.56. The highest BCUT2D eigenvalue weighted by Crippen LogP contribution is 2.15. The minimum atomic E-state index is -4.32. The van der Waals surface area contributed by atoms with Gasteiger partial charge in [-0.3, -0.25) is 0 Å². The highest BCUT2D eigenvalue weighted by atomic mass is 32.2. The molecule has 1 aromatic heterocycles. The number of hydrogen-bond acceptors (Lipinski definition) is 7. The highest BCUT2D eigenvalue weighted by Gasteiger charge is 2.27. The average molecular weight is 339 g/mol. The number of hydrogen-bond donors (Lipinski definition) is 1. The summed E-state index contributed by atoms with van der Waals surface area (Å²) in [7, 11) is -4.32. The van der Waals surface area contributed by atoms with Crippen LogP contribution in [-0.4, -0.2) is 36.9 Å². The molecular formula is C13H13N3O6S. The summed E-state index contributed by atoms with van der Waals surface area (Å²) in [5, 5.41) is 7.74. The van der Waals surface area contributed by atoms with E-state index < -0.39 is 32.7 Å². The molecule has 0 saturated heterocycles. The van der Waals surface area contributed by atoms with Crippen molar-refractivity contribution in [3.8, 4) is 5.75 Å². The molecule has 2 aromatic rings. The number of esters is 1. The molecule has 0 atom stereocenters. The fraction of sp³-hybridized carbons (Fsp3) is 0.154. The largest absolute Gasteiger partial charge is 0.462 e. The van der Waals surface area contributed by atoms with E-state index in [1.54, 1.807) is 25.1 Å². The fourth-order valence-corrected chi connectivity index (χ4v) is 2.29. The van der Waals surface area contributed by atoms with E-state index in [0.29, 0.717) is 4.68 Å². The van der Waals surface area contributed by atoms with E-state index in [-0.39, 0.29) is 12.4 Å². The molecule has 0 spiro atoms. The average Bonchev–Trinajstić information content (AvgIpc) is 2.94. The second kappa shape index (κ2) is 6.58. The Bertz CT molecular complexity index is 829. The molecule has 1 aromatic carbocycles. The summed E-state index contributed by atoms with van der Waals surface area (Å²) < 4.78 is 33.3. The maximum atomic E-state index is 12.0. The number of primary sulfonamides is 1. The number of benzene rings is 1. The minimum absolute atomic E-state index is 0.0164. The second-order valence-corrected chi connectivity index (χ2v) is 5.72. The number of nitrogens with two attached hydrogens (primary N) is 1. The lowest BCUT2D eigenvalue weighted by Gasteiger charge is -2.02. The van der Waals surface area contributed by atoms with Crippen LogP contribution in [0.1, 0.15) is 17.3 Å². The quantitative estimate of drug-likeness (QED) is 0.813. The van der Waals surface area contributed by atoms with Gasteiger partial charge in [-0.2, -0.15) is 4.68 Å². The van der Waals surface area contributed by atoms with Crippen LogP contribution in [0.25, 0.3) is 0 Å². The van der Waals surface area contributed by atoms with E-state index in [4.69, 9.17) is 14.6 Å². The number of ether oxygens (including phenoxy) is 2. The van der Waals surface area contributed by atoms with Crippen LogP contribution in [0.3, 0.4) is 0 Å². The molecular weight excluding hydrogens is 326 g/mol. The predicted molar refractivity (Wildman–Crippen MR) is 77.4 cm³/mol. The van der Waals surface area contributed by atoms with Gasteiger partial charge in [-0.15, -0.1) is 5.10 Å². The van der Waals surface area contributed by atoms with Gasteiger partial charge in [0, 0.05) is 0 Å². The van der Waals surface area contributed by atoms with Crippen LogP contribution in [0.2, 0.25) is 0 Å². The predicted octanol–water partition coefficient (Wildman–Crippen LogP) is 0.754. The highest BCUT2D eigenvalue weighted by molar-refractivity contribution is 7.89. The molecule has 0 saturated carbocycles. The van der Waals surface area contributed by atoms with Crippen molar-refractivity contribution < 1.29 is 27.5 Å². The van der Waals surface area contributed by atoms with Gasteiger partial charge in [-0.05, 0) is 19.1 Å². The van der Waals surface area contributed by atoms with Gasteiger partial charge < -0.3 is 9.47 Å². The van der Waals surface area contributed by atoms with Crippen LogP contribution in [0, 0.1) is 0 Å². The number of carbonyl (C=O) groups excluding carboxylic acids is 2. The van der Waals surface area contributed by atoms with Crippen LogP contribution in [0.5, 0.6) is 5.75 Å². The van der Waals surface area contributed by atoms with Crippen molar-refractivity contribution in [3.63, 3.8) is 0 Å². The Hall–Kier alpha value is -2.72. The van der Waals surface area contributed by atoms with E-state index in [2.05, 4.69) is 5.10 Å². The van der Waals surface area contributed by atoms with Gasteiger partial charge in [0.05, 0.1) is 12.8 Å². The van der Waals surface area contributed by atoms with Crippen LogP contribution < -0.4 is 9.88 Å². The second-order valence-electron chi connectivity index (χ2n) is 4.24. The molecule has 0 radical (unpaired) electrons. The molecule has 2 rings (SSSR count). The molecule has 0 fully saturated rings. The minimum Gasteiger partial charge on any atom is -0.462 e. The maximum Gasteiger partial charge on any atom is 0.440 e. The number of sulfonamides is 1. The Morgan fingerprint density at radius 1 is 1.26 bits per heavy atom. The smallest absolute Gasteiger partial charge is 0.440 e. The molecule has 23 heavy (non-hydrogen) atoms. The first-order valence-electron chi connectivity index (χ1n) is 6.39. The fourth-order valence-electron chi connectivity index (χ4n) is 1.65. The summed E-state index contributed by atoms with van der Waals surface area (Å²) in [6.07, 6.45) is -0.111. The number of para-hydroxylation sites is 1. The van der Waals surface area contributed by atoms with Gasteiger partial charge in [0.25, 0.3) is 10.0 Å². The van der Waals surface area contributed by atoms with Crippen LogP contribution in [0.4, 0.5) is 4.79 Å². The van der Waals surface area contributed by atoms with Crippen molar-refractivity contribution in [1.29, 1.82) is 0 Å². The number of rotatable bonds is 4. The van der Waals surface area contributed by atoms with Gasteiger partial charge in [0.2, 0.25) is 5.03 Å². The first-order chi connectivity index (χ1) is 10.8. The summed E-state index contributed by atoms with van der Waals surface area (Å²) in [4.78, 5) is 23.7. The number of aromatic nitrogens is 2. The molecule has 9 nitrogen and oxygen atoms in total. The van der Waals surface area contributed by atoms with E-state index in [0.717, 1.165) is 6.20 Å². The van der Waals surface area contributed by atoms with E-state index in [1.165, 1.54) is 12.1 Å². The van der Waals surface area contributed by atoms with E-state index in [1.807, 2.05) is 0 Å². The summed E-state index contributed by atoms with van der Waals surface area (Å²) >= 11 is 0. The third kappa shape index (κ3) is 3.93. The molecule has 0 amide bonds. The lowest BCUT2D eigenvalue weighted by atomic mass is 10.3. The molecule has 10 heteroatoms. The normalized spacial score (nSPS) is 11.0. The lowest BCUT2D eigenvalue weighted by Crippen LogP contribution is -2.20. The van der Waals surface area contributed by atoms with Gasteiger partial charge in [-0.1, -0.05) is 18.2 Å². The standard InChI is InChI=1S/C13H13N3O6S/c1-2-21-12(17)10-8-16(15-11(10)23(14,19)20)13(18)22-9-6-4-3-5-7-9/h3-8H,2H2,1H3,(H2,14,19,20). The number of carbonyl (C=O) groups is 2. The van der Waals surface area contributed by atoms with Gasteiger partial charge in [0.1, 0.15) is 11.3 Å². The molecule has 0 aliphatic carbocycles. The molecule has 0 unspecified atom stereocenters. The van der Waals surface area contributed by atoms with Crippen molar-refractivity contribution in [2.75, 3.05) is 6.61 Å². The van der Waals surface area contributed by atoms with Crippen molar-refractivity contribution in [1.82, 2.24) is 9.78 Å². The first-order valence-corrected chi connectivity index (χ1v) is 7.94. The molecule has 2 N–H and O–H groups in total. The molecule has 1 heterocycles. The molecule has 122 valence electrons. The SMILES string of the molecule is CCOC(=O)c1cn(C(=O)Oc2ccccc2)nc1S(N)(=O)=O. The first kappa shape index (κ1) is 16.6. The summed E-state index contributed by atoms with van der Waals surface area (Å²) in [5.74, 6) is -0.738. The Labute approximate surface area is 131 Å². The van der Waals surface area contributed by atoms with Crippen molar-refractivity contribution >= 4 is 22.1 Å². The monoisotopic (exact) mass is 339 g/mol. The van der Waals surface area contributed by atoms with Crippen LogP contribution >= 0.6 is 0 Å². The summed E-state index contributed by atoms with van der Waals surface area (Å²) in [6, 6.07) is 8.06. The van der Waals surface area contributed by atoms with E-state index in [9.17, 15) is 18.0 Å². The Morgan fingerprint density at radius 2 is 1.91 bits per heavy atom. The van der Waals surface area contributed by atoms with Crippen molar-refractivity contribution in [2.45, 2.75) is 11.9 Å². The molecule has 0 aliphatic heterocycles. The van der Waals surface area contributed by atoms with Crippen LogP contribution in [0.15, 0.2) is 41.6 Å². The van der Waals surface area contributed by atoms with Gasteiger partial charge >= 0.3 is 12.1 Å². The Balaban J connectivity index is 2.36. The van der Waals surface area contributed by atoms with E-state index >= 15 is 0 Å². The van der Waals surface area contributed by atoms with Crippen molar-refractivity contribution in [3.05, 3.63) is 42.1 Å². The van der Waals surface area contributed by atoms with Crippen LogP contribution in [-0.2, 0) is 14.8 Å². The maximum absolute atomic E-state index is 12.0. The molecule has 0 bridgehead atoms. The topological polar surface area (TPSA) is 131 Å². The zero-order valence-electron chi connectivity index (χ0n) is 12.0. The third-order valence-electron chi connectivity index (χ3n) is 2.58. The van der Waals surface area contributed by atoms with Gasteiger partial charge in [0.15, 0.2) is 0 Å². The van der Waals surface area contributed by atoms with Gasteiger partial charge in [-0.25, -0.2) is 23.1 Å². The molecule has 0 aliphatic rings.